The molecule has 1 N–H and O–H groups in total. The van der Waals surface area contributed by atoms with Crippen LogP contribution in [-0.2, 0) is 4.79 Å². The van der Waals surface area contributed by atoms with Gasteiger partial charge in [-0.3, -0.25) is 14.4 Å². The topological polar surface area (TPSA) is 92.5 Å². The number of halogens is 1. The molecule has 1 aliphatic heterocycles. The van der Waals surface area contributed by atoms with E-state index in [2.05, 4.69) is 5.10 Å². The van der Waals surface area contributed by atoms with Crippen molar-refractivity contribution >= 4 is 11.9 Å². The number of aryl methyl sites for hydroxylation is 1. The number of carbonyl (C=O) groups excluding carboxylic acids is 1. The third kappa shape index (κ3) is 3.47. The fourth-order valence-electron chi connectivity index (χ4n) is 3.30. The van der Waals surface area contributed by atoms with Crippen LogP contribution in [0.4, 0.5) is 4.39 Å². The van der Waals surface area contributed by atoms with Crippen molar-refractivity contribution in [3.05, 3.63) is 57.8 Å². The lowest BCUT2D eigenvalue weighted by Crippen LogP contribution is -2.49. The number of aliphatic carboxylic acids is 1. The molecule has 1 amide bonds. The third-order valence-corrected chi connectivity index (χ3v) is 4.89. The van der Waals surface area contributed by atoms with Crippen LogP contribution in [0.2, 0.25) is 0 Å². The minimum absolute atomic E-state index is 0.00411. The van der Waals surface area contributed by atoms with Gasteiger partial charge in [-0.05, 0) is 38.8 Å². The smallest absolute Gasteiger partial charge is 0.311 e. The number of likely N-dealkylation sites (tertiary alicyclic amines) is 1. The highest BCUT2D eigenvalue weighted by molar-refractivity contribution is 5.92. The molecule has 2 aromatic rings. The zero-order valence-corrected chi connectivity index (χ0v) is 15.1. The van der Waals surface area contributed by atoms with Gasteiger partial charge in [-0.1, -0.05) is 12.1 Å². The van der Waals surface area contributed by atoms with Crippen molar-refractivity contribution in [2.75, 3.05) is 13.1 Å². The van der Waals surface area contributed by atoms with Gasteiger partial charge in [0.25, 0.3) is 5.91 Å². The van der Waals surface area contributed by atoms with Gasteiger partial charge >= 0.3 is 5.97 Å². The molecular formula is C19H20FN3O4. The molecule has 0 radical (unpaired) electrons. The van der Waals surface area contributed by atoms with E-state index in [4.69, 9.17) is 0 Å². The minimum atomic E-state index is -1.07. The normalized spacial score (nSPS) is 19.7. The fourth-order valence-corrected chi connectivity index (χ4v) is 3.30. The largest absolute Gasteiger partial charge is 0.481 e. The summed E-state index contributed by atoms with van der Waals surface area (Å²) in [4.78, 5) is 38.1. The highest BCUT2D eigenvalue weighted by Gasteiger charge is 2.40. The number of piperidine rings is 1. The van der Waals surface area contributed by atoms with E-state index in [0.717, 1.165) is 0 Å². The van der Waals surface area contributed by atoms with Gasteiger partial charge in [0.15, 0.2) is 5.69 Å². The van der Waals surface area contributed by atoms with E-state index in [-0.39, 0.29) is 17.9 Å². The highest BCUT2D eigenvalue weighted by atomic mass is 19.1. The quantitative estimate of drug-likeness (QED) is 0.888. The van der Waals surface area contributed by atoms with Gasteiger partial charge in [0.2, 0.25) is 5.43 Å². The van der Waals surface area contributed by atoms with E-state index in [0.29, 0.717) is 25.1 Å². The molecule has 0 aliphatic carbocycles. The van der Waals surface area contributed by atoms with Gasteiger partial charge in [0.05, 0.1) is 5.41 Å². The number of hydrogen-bond donors (Lipinski definition) is 1. The Morgan fingerprint density at radius 2 is 2.00 bits per heavy atom. The molecular weight excluding hydrogens is 353 g/mol. The second-order valence-electron chi connectivity index (χ2n) is 7.06. The van der Waals surface area contributed by atoms with E-state index >= 15 is 0 Å². The number of para-hydroxylation sites is 1. The van der Waals surface area contributed by atoms with Crippen molar-refractivity contribution in [3.63, 3.8) is 0 Å². The summed E-state index contributed by atoms with van der Waals surface area (Å²) < 4.78 is 15.3. The molecule has 142 valence electrons. The molecule has 1 aliphatic rings. The van der Waals surface area contributed by atoms with Crippen molar-refractivity contribution in [2.45, 2.75) is 26.7 Å². The van der Waals surface area contributed by atoms with Crippen LogP contribution in [0.1, 0.15) is 35.9 Å². The molecule has 1 aromatic carbocycles. The van der Waals surface area contributed by atoms with Gasteiger partial charge in [0.1, 0.15) is 11.5 Å². The van der Waals surface area contributed by atoms with E-state index in [1.165, 1.54) is 33.8 Å². The Morgan fingerprint density at radius 1 is 1.30 bits per heavy atom. The zero-order chi connectivity index (χ0) is 19.8. The average Bonchev–Trinajstić information content (AvgIpc) is 2.62. The lowest BCUT2D eigenvalue weighted by atomic mass is 9.82. The number of carbonyl (C=O) groups is 2. The highest BCUT2D eigenvalue weighted by Crippen LogP contribution is 2.30. The summed E-state index contributed by atoms with van der Waals surface area (Å²) in [5, 5.41) is 13.5. The second kappa shape index (κ2) is 6.94. The number of hydrogen-bond acceptors (Lipinski definition) is 4. The number of amides is 1. The number of benzene rings is 1. The van der Waals surface area contributed by atoms with Gasteiger partial charge < -0.3 is 10.0 Å². The lowest BCUT2D eigenvalue weighted by Gasteiger charge is -2.37. The molecule has 1 aromatic heterocycles. The molecule has 7 nitrogen and oxygen atoms in total. The number of carboxylic acid groups (broad SMARTS) is 1. The maximum absolute atomic E-state index is 14.1. The minimum Gasteiger partial charge on any atom is -0.481 e. The molecule has 0 spiro atoms. The maximum Gasteiger partial charge on any atom is 0.311 e. The molecule has 0 saturated carbocycles. The van der Waals surface area contributed by atoms with Crippen LogP contribution in [0.3, 0.4) is 0 Å². The summed E-state index contributed by atoms with van der Waals surface area (Å²) in [7, 11) is 0. The molecule has 8 heteroatoms. The van der Waals surface area contributed by atoms with Crippen LogP contribution < -0.4 is 5.43 Å². The van der Waals surface area contributed by atoms with Crippen LogP contribution in [0.15, 0.2) is 35.1 Å². The molecule has 2 heterocycles. The van der Waals surface area contributed by atoms with Crippen LogP contribution in [0.25, 0.3) is 5.69 Å². The summed E-state index contributed by atoms with van der Waals surface area (Å²) in [6, 6.07) is 7.15. The van der Waals surface area contributed by atoms with Crippen molar-refractivity contribution < 1.29 is 19.1 Å². The summed E-state index contributed by atoms with van der Waals surface area (Å²) in [6.07, 6.45) is 0.967. The lowest BCUT2D eigenvalue weighted by molar-refractivity contribution is -0.150. The Morgan fingerprint density at radius 3 is 2.67 bits per heavy atom. The molecule has 1 atom stereocenters. The number of nitrogens with zero attached hydrogens (tertiary/aromatic N) is 3. The molecule has 0 bridgehead atoms. The summed E-state index contributed by atoms with van der Waals surface area (Å²) in [6.45, 7) is 3.51. The summed E-state index contributed by atoms with van der Waals surface area (Å²) in [5.41, 5.74) is -1.48. The van der Waals surface area contributed by atoms with E-state index < -0.39 is 28.5 Å². The van der Waals surface area contributed by atoms with Crippen molar-refractivity contribution in [1.29, 1.82) is 0 Å². The van der Waals surface area contributed by atoms with Gasteiger partial charge in [-0.15, -0.1) is 0 Å². The Labute approximate surface area is 155 Å². The fraction of sp³-hybridized carbons (Fsp3) is 0.368. The molecule has 1 fully saturated rings. The monoisotopic (exact) mass is 373 g/mol. The molecule has 27 heavy (non-hydrogen) atoms. The second-order valence-corrected chi connectivity index (χ2v) is 7.06. The Balaban J connectivity index is 2.01. The molecule has 1 saturated heterocycles. The maximum atomic E-state index is 14.1. The first kappa shape index (κ1) is 18.8. The molecule has 1 unspecified atom stereocenters. The first-order valence-electron chi connectivity index (χ1n) is 8.61. The summed E-state index contributed by atoms with van der Waals surface area (Å²) in [5.74, 6) is -2.16. The number of rotatable bonds is 3. The third-order valence-electron chi connectivity index (χ3n) is 4.89. The van der Waals surface area contributed by atoms with Crippen molar-refractivity contribution in [1.82, 2.24) is 14.7 Å². The van der Waals surface area contributed by atoms with Crippen molar-refractivity contribution in [2.24, 2.45) is 5.41 Å². The van der Waals surface area contributed by atoms with Gasteiger partial charge in [-0.2, -0.15) is 5.10 Å². The Kier molecular flexibility index (Phi) is 4.82. The zero-order valence-electron chi connectivity index (χ0n) is 15.1. The van der Waals surface area contributed by atoms with Crippen LogP contribution in [0.5, 0.6) is 0 Å². The number of carboxylic acids is 1. The van der Waals surface area contributed by atoms with Gasteiger partial charge in [0, 0.05) is 24.8 Å². The standard InChI is InChI=1S/C19H20FN3O4/c1-12-10-15(24)16(21-23(12)14-7-4-3-6-13(14)20)17(25)22-9-5-8-19(2,11-22)18(26)27/h3-4,6-7,10H,5,8-9,11H2,1-2H3,(H,26,27). The SMILES string of the molecule is Cc1cc(=O)c(C(=O)N2CCCC(C)(C(=O)O)C2)nn1-c1ccccc1F. The van der Waals surface area contributed by atoms with Crippen LogP contribution in [0, 0.1) is 18.2 Å². The first-order valence-corrected chi connectivity index (χ1v) is 8.61. The summed E-state index contributed by atoms with van der Waals surface area (Å²) >= 11 is 0. The van der Waals surface area contributed by atoms with E-state index in [9.17, 15) is 23.9 Å². The number of aromatic nitrogens is 2. The van der Waals surface area contributed by atoms with Gasteiger partial charge in [-0.25, -0.2) is 9.07 Å². The predicted molar refractivity (Wildman–Crippen MR) is 95.4 cm³/mol. The predicted octanol–water partition coefficient (Wildman–Crippen LogP) is 2.01. The van der Waals surface area contributed by atoms with E-state index in [1.54, 1.807) is 19.9 Å². The molecule has 3 rings (SSSR count). The Bertz CT molecular complexity index is 972. The average molecular weight is 373 g/mol. The van der Waals surface area contributed by atoms with E-state index in [1.807, 2.05) is 0 Å². The Hall–Kier alpha value is -3.03. The first-order chi connectivity index (χ1) is 12.7. The van der Waals surface area contributed by atoms with Crippen LogP contribution in [-0.4, -0.2) is 44.8 Å². The van der Waals surface area contributed by atoms with Crippen molar-refractivity contribution in [3.8, 4) is 5.69 Å². The van der Waals surface area contributed by atoms with Crippen LogP contribution >= 0.6 is 0 Å².